The number of nitrogens with one attached hydrogen (secondary N) is 2. The lowest BCUT2D eigenvalue weighted by Gasteiger charge is -2.28. The fourth-order valence-corrected chi connectivity index (χ4v) is 2.49. The standard InChI is InChI=1S/C15H22N2O2/c1-10-4-6-13(14(8-10)19-3)11(2)17-12-5-7-15(18)16-9-12/h4,6,8,11-12,17H,5,7,9H2,1-3H3,(H,16,18). The molecule has 1 saturated heterocycles. The highest BCUT2D eigenvalue weighted by Gasteiger charge is 2.21. The van der Waals surface area contributed by atoms with Crippen molar-refractivity contribution >= 4 is 5.91 Å². The SMILES string of the molecule is COc1cc(C)ccc1C(C)NC1CCC(=O)NC1. The lowest BCUT2D eigenvalue weighted by Crippen LogP contribution is -2.46. The highest BCUT2D eigenvalue weighted by molar-refractivity contribution is 5.76. The van der Waals surface area contributed by atoms with Crippen LogP contribution < -0.4 is 15.4 Å². The monoisotopic (exact) mass is 262 g/mol. The molecule has 4 heteroatoms. The van der Waals surface area contributed by atoms with Crippen LogP contribution in [0, 0.1) is 6.92 Å². The van der Waals surface area contributed by atoms with Crippen molar-refractivity contribution in [1.29, 1.82) is 0 Å². The van der Waals surface area contributed by atoms with Gasteiger partial charge in [0.25, 0.3) is 0 Å². The van der Waals surface area contributed by atoms with Crippen molar-refractivity contribution in [2.24, 2.45) is 0 Å². The predicted molar refractivity (Wildman–Crippen MR) is 75.3 cm³/mol. The Morgan fingerprint density at radius 2 is 2.26 bits per heavy atom. The minimum absolute atomic E-state index is 0.151. The lowest BCUT2D eigenvalue weighted by atomic mass is 10.0. The summed E-state index contributed by atoms with van der Waals surface area (Å²) in [6.07, 6.45) is 1.50. The van der Waals surface area contributed by atoms with Crippen LogP contribution in [0.5, 0.6) is 5.75 Å². The van der Waals surface area contributed by atoms with Gasteiger partial charge in [0.05, 0.1) is 7.11 Å². The molecule has 0 radical (unpaired) electrons. The van der Waals surface area contributed by atoms with Gasteiger partial charge in [-0.2, -0.15) is 0 Å². The number of carbonyl (C=O) groups is 1. The second-order valence-corrected chi connectivity index (χ2v) is 5.17. The third-order valence-electron chi connectivity index (χ3n) is 3.61. The Morgan fingerprint density at radius 1 is 1.47 bits per heavy atom. The number of carbonyl (C=O) groups excluding carboxylic acids is 1. The molecule has 1 heterocycles. The molecular weight excluding hydrogens is 240 g/mol. The summed E-state index contributed by atoms with van der Waals surface area (Å²) in [5.41, 5.74) is 2.35. The first-order valence-corrected chi connectivity index (χ1v) is 6.77. The second-order valence-electron chi connectivity index (χ2n) is 5.17. The van der Waals surface area contributed by atoms with E-state index in [4.69, 9.17) is 4.74 Å². The molecule has 4 nitrogen and oxygen atoms in total. The first-order valence-electron chi connectivity index (χ1n) is 6.77. The fourth-order valence-electron chi connectivity index (χ4n) is 2.49. The van der Waals surface area contributed by atoms with Crippen molar-refractivity contribution in [1.82, 2.24) is 10.6 Å². The van der Waals surface area contributed by atoms with Gasteiger partial charge >= 0.3 is 0 Å². The minimum atomic E-state index is 0.151. The molecule has 2 unspecified atom stereocenters. The zero-order chi connectivity index (χ0) is 13.8. The van der Waals surface area contributed by atoms with E-state index >= 15 is 0 Å². The van der Waals surface area contributed by atoms with Crippen molar-refractivity contribution < 1.29 is 9.53 Å². The molecule has 0 bridgehead atoms. The fraction of sp³-hybridized carbons (Fsp3) is 0.533. The smallest absolute Gasteiger partial charge is 0.220 e. The first kappa shape index (κ1) is 13.9. The molecule has 1 aliphatic rings. The summed E-state index contributed by atoms with van der Waals surface area (Å²) in [4.78, 5) is 11.1. The van der Waals surface area contributed by atoms with E-state index in [1.807, 2.05) is 0 Å². The van der Waals surface area contributed by atoms with Gasteiger partial charge in [-0.25, -0.2) is 0 Å². The highest BCUT2D eigenvalue weighted by Crippen LogP contribution is 2.26. The van der Waals surface area contributed by atoms with E-state index in [1.165, 1.54) is 5.56 Å². The Bertz CT molecular complexity index is 449. The van der Waals surface area contributed by atoms with E-state index in [1.54, 1.807) is 7.11 Å². The molecule has 0 aliphatic carbocycles. The number of hydrogen-bond donors (Lipinski definition) is 2. The van der Waals surface area contributed by atoms with E-state index in [-0.39, 0.29) is 11.9 Å². The van der Waals surface area contributed by atoms with Crippen molar-refractivity contribution in [2.75, 3.05) is 13.7 Å². The number of methoxy groups -OCH3 is 1. The van der Waals surface area contributed by atoms with Gasteiger partial charge in [0.15, 0.2) is 0 Å². The number of hydrogen-bond acceptors (Lipinski definition) is 3. The average Bonchev–Trinajstić information content (AvgIpc) is 2.41. The van der Waals surface area contributed by atoms with Crippen molar-refractivity contribution in [2.45, 2.75) is 38.8 Å². The Labute approximate surface area is 114 Å². The van der Waals surface area contributed by atoms with Crippen LogP contribution in [-0.2, 0) is 4.79 Å². The van der Waals surface area contributed by atoms with Crippen LogP contribution in [0.25, 0.3) is 0 Å². The second kappa shape index (κ2) is 6.06. The average molecular weight is 262 g/mol. The van der Waals surface area contributed by atoms with Crippen molar-refractivity contribution in [3.63, 3.8) is 0 Å². The predicted octanol–water partition coefficient (Wildman–Crippen LogP) is 1.93. The number of benzene rings is 1. The summed E-state index contributed by atoms with van der Waals surface area (Å²) in [6.45, 7) is 4.89. The molecule has 1 aromatic carbocycles. The third kappa shape index (κ3) is 3.47. The Morgan fingerprint density at radius 3 is 2.89 bits per heavy atom. The van der Waals surface area contributed by atoms with E-state index in [0.717, 1.165) is 17.7 Å². The summed E-state index contributed by atoms with van der Waals surface area (Å²) < 4.78 is 5.44. The molecule has 1 aromatic rings. The van der Waals surface area contributed by atoms with Gasteiger partial charge in [-0.05, 0) is 31.9 Å². The number of rotatable bonds is 4. The van der Waals surface area contributed by atoms with Crippen LogP contribution in [0.3, 0.4) is 0 Å². The van der Waals surface area contributed by atoms with Crippen LogP contribution in [0.4, 0.5) is 0 Å². The van der Waals surface area contributed by atoms with E-state index in [0.29, 0.717) is 19.0 Å². The Kier molecular flexibility index (Phi) is 4.43. The lowest BCUT2D eigenvalue weighted by molar-refractivity contribution is -0.122. The quantitative estimate of drug-likeness (QED) is 0.871. The third-order valence-corrected chi connectivity index (χ3v) is 3.61. The normalized spacial score (nSPS) is 20.8. The molecule has 1 fully saturated rings. The first-order chi connectivity index (χ1) is 9.10. The van der Waals surface area contributed by atoms with Gasteiger partial charge in [0.1, 0.15) is 5.75 Å². The molecule has 1 amide bonds. The molecule has 1 aliphatic heterocycles. The van der Waals surface area contributed by atoms with E-state index < -0.39 is 0 Å². The van der Waals surface area contributed by atoms with Crippen LogP contribution >= 0.6 is 0 Å². The summed E-state index contributed by atoms with van der Waals surface area (Å²) in [6, 6.07) is 6.79. The zero-order valence-electron chi connectivity index (χ0n) is 11.8. The maximum Gasteiger partial charge on any atom is 0.220 e. The molecule has 104 valence electrons. The molecule has 2 N–H and O–H groups in total. The topological polar surface area (TPSA) is 50.4 Å². The van der Waals surface area contributed by atoms with Gasteiger partial charge in [-0.15, -0.1) is 0 Å². The van der Waals surface area contributed by atoms with Gasteiger partial charge in [0, 0.05) is 30.6 Å². The Balaban J connectivity index is 2.03. The largest absolute Gasteiger partial charge is 0.496 e. The number of piperidine rings is 1. The summed E-state index contributed by atoms with van der Waals surface area (Å²) in [7, 11) is 1.70. The van der Waals surface area contributed by atoms with E-state index in [2.05, 4.69) is 42.7 Å². The zero-order valence-corrected chi connectivity index (χ0v) is 11.8. The molecule has 2 atom stereocenters. The van der Waals surface area contributed by atoms with Crippen molar-refractivity contribution in [3.05, 3.63) is 29.3 Å². The number of aryl methyl sites for hydroxylation is 1. The van der Waals surface area contributed by atoms with Crippen molar-refractivity contribution in [3.8, 4) is 5.75 Å². The van der Waals surface area contributed by atoms with Gasteiger partial charge in [-0.3, -0.25) is 4.79 Å². The van der Waals surface area contributed by atoms with Crippen LogP contribution in [-0.4, -0.2) is 25.6 Å². The molecular formula is C15H22N2O2. The highest BCUT2D eigenvalue weighted by atomic mass is 16.5. The van der Waals surface area contributed by atoms with Crippen LogP contribution in [0.2, 0.25) is 0 Å². The van der Waals surface area contributed by atoms with Crippen LogP contribution in [0.1, 0.15) is 36.9 Å². The summed E-state index contributed by atoms with van der Waals surface area (Å²) >= 11 is 0. The van der Waals surface area contributed by atoms with E-state index in [9.17, 15) is 4.79 Å². The van der Waals surface area contributed by atoms with Gasteiger partial charge in [0.2, 0.25) is 5.91 Å². The maximum atomic E-state index is 11.1. The number of ether oxygens (including phenoxy) is 1. The Hall–Kier alpha value is -1.55. The van der Waals surface area contributed by atoms with Gasteiger partial charge in [-0.1, -0.05) is 12.1 Å². The minimum Gasteiger partial charge on any atom is -0.496 e. The summed E-state index contributed by atoms with van der Waals surface area (Å²) in [5.74, 6) is 1.07. The molecule has 0 saturated carbocycles. The summed E-state index contributed by atoms with van der Waals surface area (Å²) in [5, 5.41) is 6.45. The number of amides is 1. The van der Waals surface area contributed by atoms with Crippen LogP contribution in [0.15, 0.2) is 18.2 Å². The maximum absolute atomic E-state index is 11.1. The molecule has 19 heavy (non-hydrogen) atoms. The molecule has 0 aromatic heterocycles. The molecule has 2 rings (SSSR count). The van der Waals surface area contributed by atoms with Gasteiger partial charge < -0.3 is 15.4 Å². The molecule has 0 spiro atoms.